The fraction of sp³-hybridized carbons (Fsp3) is 0.684. The summed E-state index contributed by atoms with van der Waals surface area (Å²) in [6.45, 7) is 16.9. The van der Waals surface area contributed by atoms with Crippen molar-refractivity contribution >= 4 is 0 Å². The van der Waals surface area contributed by atoms with Crippen LogP contribution in [-0.2, 0) is 0 Å². The molecule has 0 aliphatic rings. The van der Waals surface area contributed by atoms with Gasteiger partial charge in [-0.3, -0.25) is 4.90 Å². The van der Waals surface area contributed by atoms with Crippen LogP contribution in [-0.4, -0.2) is 30.6 Å². The van der Waals surface area contributed by atoms with Crippen LogP contribution in [0.5, 0.6) is 0 Å². The number of hydrogen-bond donors (Lipinski definition) is 1. The van der Waals surface area contributed by atoms with E-state index in [-0.39, 0.29) is 0 Å². The van der Waals surface area contributed by atoms with E-state index in [1.165, 1.54) is 24.1 Å². The van der Waals surface area contributed by atoms with Crippen LogP contribution in [0.15, 0.2) is 24.3 Å². The van der Waals surface area contributed by atoms with Crippen LogP contribution in [0.25, 0.3) is 0 Å². The van der Waals surface area contributed by atoms with E-state index in [0.717, 1.165) is 19.0 Å². The summed E-state index contributed by atoms with van der Waals surface area (Å²) < 4.78 is 0. The van der Waals surface area contributed by atoms with Gasteiger partial charge in [-0.1, -0.05) is 63.9 Å². The van der Waals surface area contributed by atoms with Crippen LogP contribution >= 0.6 is 0 Å². The van der Waals surface area contributed by atoms with Crippen molar-refractivity contribution in [2.24, 2.45) is 5.92 Å². The van der Waals surface area contributed by atoms with Crippen molar-refractivity contribution in [3.8, 4) is 0 Å². The molecule has 0 bridgehead atoms. The standard InChI is InChI=1S/C19H34N2/c1-7-15(4)14-21(9-3)17(6)19(20-8-2)18-12-10-16(5)11-13-18/h10-13,15,17,19-20H,7-9,14H2,1-6H3. The highest BCUT2D eigenvalue weighted by Crippen LogP contribution is 2.22. The van der Waals surface area contributed by atoms with E-state index in [1.807, 2.05) is 0 Å². The zero-order valence-corrected chi connectivity index (χ0v) is 14.8. The van der Waals surface area contributed by atoms with Gasteiger partial charge in [0.1, 0.15) is 0 Å². The summed E-state index contributed by atoms with van der Waals surface area (Å²) in [6, 6.07) is 9.90. The second kappa shape index (κ2) is 9.22. The first-order chi connectivity index (χ1) is 10.0. The lowest BCUT2D eigenvalue weighted by molar-refractivity contribution is 0.154. The minimum Gasteiger partial charge on any atom is -0.309 e. The number of nitrogens with one attached hydrogen (secondary N) is 1. The van der Waals surface area contributed by atoms with Gasteiger partial charge in [0.2, 0.25) is 0 Å². The molecular formula is C19H34N2. The molecule has 0 aromatic heterocycles. The minimum atomic E-state index is 0.402. The molecule has 0 saturated heterocycles. The van der Waals surface area contributed by atoms with Gasteiger partial charge in [-0.05, 0) is 38.4 Å². The monoisotopic (exact) mass is 290 g/mol. The van der Waals surface area contributed by atoms with E-state index in [4.69, 9.17) is 0 Å². The Hall–Kier alpha value is -0.860. The first-order valence-electron chi connectivity index (χ1n) is 8.57. The molecule has 0 heterocycles. The van der Waals surface area contributed by atoms with Crippen LogP contribution in [0.4, 0.5) is 0 Å². The first kappa shape index (κ1) is 18.2. The molecule has 1 aromatic carbocycles. The van der Waals surface area contributed by atoms with Crippen LogP contribution in [0.3, 0.4) is 0 Å². The van der Waals surface area contributed by atoms with Gasteiger partial charge in [-0.25, -0.2) is 0 Å². The molecule has 1 rings (SSSR count). The molecule has 2 nitrogen and oxygen atoms in total. The number of benzene rings is 1. The van der Waals surface area contributed by atoms with Gasteiger partial charge >= 0.3 is 0 Å². The lowest BCUT2D eigenvalue weighted by atomic mass is 9.97. The molecule has 3 unspecified atom stereocenters. The predicted octanol–water partition coefficient (Wildman–Crippen LogP) is 4.40. The fourth-order valence-corrected chi connectivity index (χ4v) is 2.88. The Morgan fingerprint density at radius 3 is 2.14 bits per heavy atom. The second-order valence-electron chi connectivity index (χ2n) is 6.29. The zero-order chi connectivity index (χ0) is 15.8. The van der Waals surface area contributed by atoms with E-state index < -0.39 is 0 Å². The van der Waals surface area contributed by atoms with E-state index >= 15 is 0 Å². The SMILES string of the molecule is CCNC(c1ccc(C)cc1)C(C)N(CC)CC(C)CC. The summed E-state index contributed by atoms with van der Waals surface area (Å²) in [7, 11) is 0. The topological polar surface area (TPSA) is 15.3 Å². The van der Waals surface area contributed by atoms with E-state index in [9.17, 15) is 0 Å². The normalized spacial score (nSPS) is 16.0. The molecule has 0 spiro atoms. The summed E-state index contributed by atoms with van der Waals surface area (Å²) in [5.41, 5.74) is 2.73. The van der Waals surface area contributed by atoms with Crippen molar-refractivity contribution in [1.29, 1.82) is 0 Å². The average molecular weight is 290 g/mol. The summed E-state index contributed by atoms with van der Waals surface area (Å²) in [4.78, 5) is 2.61. The maximum atomic E-state index is 3.68. The number of hydrogen-bond acceptors (Lipinski definition) is 2. The van der Waals surface area contributed by atoms with Crippen LogP contribution < -0.4 is 5.32 Å². The van der Waals surface area contributed by atoms with E-state index in [0.29, 0.717) is 12.1 Å². The van der Waals surface area contributed by atoms with E-state index in [1.54, 1.807) is 0 Å². The van der Waals surface area contributed by atoms with Gasteiger partial charge in [0.15, 0.2) is 0 Å². The third-order valence-corrected chi connectivity index (χ3v) is 4.57. The van der Waals surface area contributed by atoms with Crippen molar-refractivity contribution in [3.05, 3.63) is 35.4 Å². The van der Waals surface area contributed by atoms with Crippen molar-refractivity contribution in [3.63, 3.8) is 0 Å². The third kappa shape index (κ3) is 5.44. The Morgan fingerprint density at radius 2 is 1.67 bits per heavy atom. The highest BCUT2D eigenvalue weighted by Gasteiger charge is 2.24. The second-order valence-corrected chi connectivity index (χ2v) is 6.29. The van der Waals surface area contributed by atoms with Crippen LogP contribution in [0.2, 0.25) is 0 Å². The Morgan fingerprint density at radius 1 is 1.05 bits per heavy atom. The molecule has 2 heteroatoms. The first-order valence-corrected chi connectivity index (χ1v) is 8.57. The lowest BCUT2D eigenvalue weighted by Gasteiger charge is -2.36. The predicted molar refractivity (Wildman–Crippen MR) is 93.8 cm³/mol. The molecule has 0 aliphatic heterocycles. The van der Waals surface area contributed by atoms with Crippen LogP contribution in [0.1, 0.15) is 58.2 Å². The molecule has 0 saturated carbocycles. The maximum Gasteiger partial charge on any atom is 0.0475 e. The van der Waals surface area contributed by atoms with Crippen molar-refractivity contribution in [2.75, 3.05) is 19.6 Å². The average Bonchev–Trinajstić information content (AvgIpc) is 2.50. The van der Waals surface area contributed by atoms with Gasteiger partial charge < -0.3 is 5.32 Å². The lowest BCUT2D eigenvalue weighted by Crippen LogP contribution is -2.44. The molecule has 0 fully saturated rings. The van der Waals surface area contributed by atoms with Crippen molar-refractivity contribution < 1.29 is 0 Å². The quantitative estimate of drug-likeness (QED) is 0.725. The number of nitrogens with zero attached hydrogens (tertiary/aromatic N) is 1. The highest BCUT2D eigenvalue weighted by molar-refractivity contribution is 5.25. The zero-order valence-electron chi connectivity index (χ0n) is 14.8. The van der Waals surface area contributed by atoms with Gasteiger partial charge in [0.05, 0.1) is 0 Å². The summed E-state index contributed by atoms with van der Waals surface area (Å²) in [5, 5.41) is 3.68. The Labute approximate surface area is 131 Å². The van der Waals surface area contributed by atoms with Crippen molar-refractivity contribution in [2.45, 2.75) is 60.0 Å². The Balaban J connectivity index is 2.89. The molecule has 1 N–H and O–H groups in total. The molecule has 120 valence electrons. The minimum absolute atomic E-state index is 0.402. The van der Waals surface area contributed by atoms with Gasteiger partial charge in [0.25, 0.3) is 0 Å². The van der Waals surface area contributed by atoms with E-state index in [2.05, 4.69) is 76.0 Å². The number of likely N-dealkylation sites (N-methyl/N-ethyl adjacent to an activating group) is 2. The third-order valence-electron chi connectivity index (χ3n) is 4.57. The summed E-state index contributed by atoms with van der Waals surface area (Å²) >= 11 is 0. The van der Waals surface area contributed by atoms with Gasteiger partial charge in [0, 0.05) is 18.6 Å². The Kier molecular flexibility index (Phi) is 7.98. The van der Waals surface area contributed by atoms with Gasteiger partial charge in [-0.15, -0.1) is 0 Å². The largest absolute Gasteiger partial charge is 0.309 e. The molecule has 0 aliphatic carbocycles. The molecule has 1 aromatic rings. The summed E-state index contributed by atoms with van der Waals surface area (Å²) in [6.07, 6.45) is 1.25. The fourth-order valence-electron chi connectivity index (χ4n) is 2.88. The summed E-state index contributed by atoms with van der Waals surface area (Å²) in [5.74, 6) is 0.757. The molecule has 0 amide bonds. The van der Waals surface area contributed by atoms with Crippen molar-refractivity contribution in [1.82, 2.24) is 10.2 Å². The molecule has 21 heavy (non-hydrogen) atoms. The van der Waals surface area contributed by atoms with Gasteiger partial charge in [-0.2, -0.15) is 0 Å². The molecular weight excluding hydrogens is 256 g/mol. The maximum absolute atomic E-state index is 3.68. The Bertz CT molecular complexity index is 385. The van der Waals surface area contributed by atoms with Crippen LogP contribution in [0, 0.1) is 12.8 Å². The highest BCUT2D eigenvalue weighted by atomic mass is 15.2. The number of aryl methyl sites for hydroxylation is 1. The molecule has 0 radical (unpaired) electrons. The smallest absolute Gasteiger partial charge is 0.0475 e. The molecule has 3 atom stereocenters. The number of rotatable bonds is 9.